The van der Waals surface area contributed by atoms with Gasteiger partial charge in [-0.15, -0.1) is 0 Å². The first-order chi connectivity index (χ1) is 6.81. The third-order valence-electron chi connectivity index (χ3n) is 1.80. The van der Waals surface area contributed by atoms with Crippen molar-refractivity contribution in [1.29, 1.82) is 0 Å². The van der Waals surface area contributed by atoms with Crippen LogP contribution in [0.3, 0.4) is 0 Å². The van der Waals surface area contributed by atoms with Crippen LogP contribution in [0.2, 0.25) is 0 Å². The second-order valence-electron chi connectivity index (χ2n) is 2.68. The molecule has 0 fully saturated rings. The second kappa shape index (κ2) is 3.33. The normalized spacial score (nSPS) is 10.1. The zero-order valence-corrected chi connectivity index (χ0v) is 7.56. The molecule has 0 saturated heterocycles. The number of aromatic amines is 1. The zero-order chi connectivity index (χ0) is 9.97. The van der Waals surface area contributed by atoms with E-state index in [1.165, 1.54) is 0 Å². The van der Waals surface area contributed by atoms with E-state index in [1.54, 1.807) is 36.4 Å². The highest BCUT2D eigenvalue weighted by Crippen LogP contribution is 2.03. The summed E-state index contributed by atoms with van der Waals surface area (Å²) in [4.78, 5) is 11.2. The van der Waals surface area contributed by atoms with Gasteiger partial charge in [0.15, 0.2) is 5.69 Å². The first kappa shape index (κ1) is 8.49. The Balaban J connectivity index is 2.31. The molecule has 2 heterocycles. The van der Waals surface area contributed by atoms with Gasteiger partial charge in [-0.2, -0.15) is 10.2 Å². The summed E-state index contributed by atoms with van der Waals surface area (Å²) in [6, 6.07) is 1.64. The van der Waals surface area contributed by atoms with Crippen LogP contribution in [-0.4, -0.2) is 32.9 Å². The van der Waals surface area contributed by atoms with E-state index < -0.39 is 0 Å². The molecule has 6 heteroatoms. The molecular weight excluding hydrogens is 182 g/mol. The molecule has 0 aliphatic rings. The maximum atomic E-state index is 11.2. The smallest absolute Gasteiger partial charge is 0.271 e. The quantitative estimate of drug-likeness (QED) is 0.699. The number of hydrogen-bond donors (Lipinski definition) is 2. The molecule has 0 aliphatic carbocycles. The Morgan fingerprint density at radius 1 is 1.64 bits per heavy atom. The van der Waals surface area contributed by atoms with Crippen molar-refractivity contribution in [2.45, 2.75) is 0 Å². The highest BCUT2D eigenvalue weighted by molar-refractivity contribution is 5.91. The summed E-state index contributed by atoms with van der Waals surface area (Å²) in [7, 11) is 1.57. The van der Waals surface area contributed by atoms with Crippen LogP contribution < -0.4 is 5.32 Å². The number of rotatable bonds is 2. The van der Waals surface area contributed by atoms with E-state index in [4.69, 9.17) is 0 Å². The number of carbonyl (C=O) groups excluding carboxylic acids is 1. The highest BCUT2D eigenvalue weighted by atomic mass is 16.1. The molecule has 2 N–H and O–H groups in total. The summed E-state index contributed by atoms with van der Waals surface area (Å²) < 4.78 is 1.58. The van der Waals surface area contributed by atoms with Crippen molar-refractivity contribution in [1.82, 2.24) is 25.3 Å². The van der Waals surface area contributed by atoms with Gasteiger partial charge in [0.1, 0.15) is 5.69 Å². The van der Waals surface area contributed by atoms with E-state index in [9.17, 15) is 4.79 Å². The van der Waals surface area contributed by atoms with Crippen LogP contribution in [0.4, 0.5) is 0 Å². The van der Waals surface area contributed by atoms with Gasteiger partial charge in [-0.1, -0.05) is 0 Å². The molecule has 0 aromatic carbocycles. The fourth-order valence-corrected chi connectivity index (χ4v) is 1.09. The predicted octanol–water partition coefficient (Wildman–Crippen LogP) is -0.0450. The van der Waals surface area contributed by atoms with Crippen molar-refractivity contribution in [3.8, 4) is 5.69 Å². The molecule has 0 aliphatic heterocycles. The van der Waals surface area contributed by atoms with Crippen LogP contribution in [0, 0.1) is 0 Å². The third-order valence-corrected chi connectivity index (χ3v) is 1.80. The number of nitrogens with one attached hydrogen (secondary N) is 2. The summed E-state index contributed by atoms with van der Waals surface area (Å²) in [6.07, 6.45) is 5.02. The van der Waals surface area contributed by atoms with Crippen molar-refractivity contribution in [3.05, 3.63) is 30.4 Å². The lowest BCUT2D eigenvalue weighted by Gasteiger charge is -1.94. The standard InChI is InChI=1S/C8H9N5O/c1-9-8(14)7-2-3-13(12-7)6-4-10-11-5-6/h2-5H,1H3,(H,9,14)(H,10,11). The molecule has 0 radical (unpaired) electrons. The molecule has 0 saturated carbocycles. The van der Waals surface area contributed by atoms with Crippen LogP contribution >= 0.6 is 0 Å². The first-order valence-corrected chi connectivity index (χ1v) is 4.08. The minimum atomic E-state index is -0.202. The van der Waals surface area contributed by atoms with Gasteiger partial charge in [-0.3, -0.25) is 9.89 Å². The van der Waals surface area contributed by atoms with Crippen LogP contribution in [0.1, 0.15) is 10.5 Å². The first-order valence-electron chi connectivity index (χ1n) is 4.08. The Labute approximate surface area is 79.9 Å². The monoisotopic (exact) mass is 191 g/mol. The second-order valence-corrected chi connectivity index (χ2v) is 2.68. The van der Waals surface area contributed by atoms with E-state index >= 15 is 0 Å². The molecular formula is C8H9N5O. The lowest BCUT2D eigenvalue weighted by atomic mass is 10.4. The van der Waals surface area contributed by atoms with Gasteiger partial charge in [0.2, 0.25) is 0 Å². The zero-order valence-electron chi connectivity index (χ0n) is 7.56. The van der Waals surface area contributed by atoms with Gasteiger partial charge < -0.3 is 5.32 Å². The Bertz CT molecular complexity index is 430. The van der Waals surface area contributed by atoms with Crippen molar-refractivity contribution in [2.75, 3.05) is 7.05 Å². The van der Waals surface area contributed by atoms with Crippen LogP contribution in [0.15, 0.2) is 24.7 Å². The molecule has 1 amide bonds. The summed E-state index contributed by atoms with van der Waals surface area (Å²) in [5.74, 6) is -0.202. The van der Waals surface area contributed by atoms with Crippen molar-refractivity contribution in [2.24, 2.45) is 0 Å². The number of H-pyrrole nitrogens is 1. The minimum absolute atomic E-state index is 0.202. The fourth-order valence-electron chi connectivity index (χ4n) is 1.09. The number of nitrogens with zero attached hydrogens (tertiary/aromatic N) is 3. The van der Waals surface area contributed by atoms with Crippen molar-refractivity contribution >= 4 is 5.91 Å². The van der Waals surface area contributed by atoms with E-state index in [0.29, 0.717) is 5.69 Å². The molecule has 72 valence electrons. The summed E-state index contributed by atoms with van der Waals surface area (Å²) in [5.41, 5.74) is 1.17. The Morgan fingerprint density at radius 2 is 2.50 bits per heavy atom. The van der Waals surface area contributed by atoms with Crippen LogP contribution in [-0.2, 0) is 0 Å². The maximum Gasteiger partial charge on any atom is 0.271 e. The Hall–Kier alpha value is -2.11. The topological polar surface area (TPSA) is 75.6 Å². The lowest BCUT2D eigenvalue weighted by Crippen LogP contribution is -2.18. The molecule has 2 aromatic heterocycles. The molecule has 14 heavy (non-hydrogen) atoms. The lowest BCUT2D eigenvalue weighted by molar-refractivity contribution is 0.0958. The average molecular weight is 191 g/mol. The molecule has 6 nitrogen and oxygen atoms in total. The van der Waals surface area contributed by atoms with E-state index in [2.05, 4.69) is 20.6 Å². The molecule has 0 bridgehead atoms. The van der Waals surface area contributed by atoms with Gasteiger partial charge in [-0.25, -0.2) is 4.68 Å². The molecule has 0 spiro atoms. The van der Waals surface area contributed by atoms with Crippen LogP contribution in [0.5, 0.6) is 0 Å². The highest BCUT2D eigenvalue weighted by Gasteiger charge is 2.07. The van der Waals surface area contributed by atoms with Gasteiger partial charge in [-0.05, 0) is 6.07 Å². The number of aromatic nitrogens is 4. The number of carbonyl (C=O) groups is 1. The minimum Gasteiger partial charge on any atom is -0.354 e. The third kappa shape index (κ3) is 1.37. The Morgan fingerprint density at radius 3 is 3.14 bits per heavy atom. The molecule has 2 aromatic rings. The molecule has 0 unspecified atom stereocenters. The molecule has 2 rings (SSSR count). The van der Waals surface area contributed by atoms with Crippen molar-refractivity contribution in [3.63, 3.8) is 0 Å². The number of hydrogen-bond acceptors (Lipinski definition) is 3. The average Bonchev–Trinajstić information content (AvgIpc) is 2.86. The Kier molecular flexibility index (Phi) is 2.02. The summed E-state index contributed by atoms with van der Waals surface area (Å²) in [6.45, 7) is 0. The van der Waals surface area contributed by atoms with Crippen molar-refractivity contribution < 1.29 is 4.79 Å². The van der Waals surface area contributed by atoms with Gasteiger partial charge in [0, 0.05) is 19.4 Å². The van der Waals surface area contributed by atoms with Gasteiger partial charge in [0.05, 0.1) is 6.20 Å². The summed E-state index contributed by atoms with van der Waals surface area (Å²) in [5, 5.41) is 13.0. The SMILES string of the molecule is CNC(=O)c1ccn(-c2cn[nH]c2)n1. The largest absolute Gasteiger partial charge is 0.354 e. The maximum absolute atomic E-state index is 11.2. The van der Waals surface area contributed by atoms with E-state index in [-0.39, 0.29) is 5.91 Å². The van der Waals surface area contributed by atoms with E-state index in [0.717, 1.165) is 5.69 Å². The number of amides is 1. The fraction of sp³-hybridized carbons (Fsp3) is 0.125. The van der Waals surface area contributed by atoms with E-state index in [1.807, 2.05) is 0 Å². The van der Waals surface area contributed by atoms with Gasteiger partial charge >= 0.3 is 0 Å². The van der Waals surface area contributed by atoms with Gasteiger partial charge in [0.25, 0.3) is 5.91 Å². The predicted molar refractivity (Wildman–Crippen MR) is 49.1 cm³/mol. The molecule has 0 atom stereocenters. The van der Waals surface area contributed by atoms with Crippen LogP contribution in [0.25, 0.3) is 5.69 Å². The summed E-state index contributed by atoms with van der Waals surface area (Å²) >= 11 is 0.